The molecule has 4 nitrogen and oxygen atoms in total. The van der Waals surface area contributed by atoms with Crippen molar-refractivity contribution in [1.29, 1.82) is 0 Å². The van der Waals surface area contributed by atoms with E-state index < -0.39 is 0 Å². The SMILES string of the molecule is O=C(c1csc2c1CCCC2)N(Cc1cccnc1)CC1CCCO1. The van der Waals surface area contributed by atoms with Gasteiger partial charge in [0.2, 0.25) is 0 Å². The topological polar surface area (TPSA) is 42.4 Å². The molecule has 5 heteroatoms. The fourth-order valence-electron chi connectivity index (χ4n) is 3.81. The second kappa shape index (κ2) is 7.67. The Kier molecular flexibility index (Phi) is 5.13. The van der Waals surface area contributed by atoms with Crippen LogP contribution >= 0.6 is 11.3 Å². The van der Waals surface area contributed by atoms with Crippen LogP contribution < -0.4 is 0 Å². The molecule has 2 aromatic heterocycles. The monoisotopic (exact) mass is 356 g/mol. The molecule has 0 N–H and O–H groups in total. The van der Waals surface area contributed by atoms with E-state index in [9.17, 15) is 4.79 Å². The Bertz CT molecular complexity index is 723. The summed E-state index contributed by atoms with van der Waals surface area (Å²) in [5, 5.41) is 2.07. The molecule has 1 amide bonds. The maximum absolute atomic E-state index is 13.3. The van der Waals surface area contributed by atoms with Gasteiger partial charge in [-0.05, 0) is 55.7 Å². The minimum atomic E-state index is 0.152. The zero-order valence-corrected chi connectivity index (χ0v) is 15.3. The molecule has 3 heterocycles. The van der Waals surface area contributed by atoms with Crippen molar-refractivity contribution in [2.75, 3.05) is 13.2 Å². The Morgan fingerprint density at radius 1 is 1.32 bits per heavy atom. The molecule has 0 saturated carbocycles. The highest BCUT2D eigenvalue weighted by Gasteiger charge is 2.27. The Balaban J connectivity index is 1.57. The number of fused-ring (bicyclic) bond motifs is 1. The standard InChI is InChI=1S/C20H24N2O2S/c23-20(18-14-25-19-8-2-1-7-17(18)19)22(13-16-6-4-10-24-16)12-15-5-3-9-21-11-15/h3,5,9,11,14,16H,1-2,4,6-8,10,12-13H2. The lowest BCUT2D eigenvalue weighted by molar-refractivity contribution is 0.0506. The lowest BCUT2D eigenvalue weighted by Gasteiger charge is -2.26. The van der Waals surface area contributed by atoms with E-state index >= 15 is 0 Å². The van der Waals surface area contributed by atoms with Gasteiger partial charge in [0.1, 0.15) is 0 Å². The number of amides is 1. The number of thiophene rings is 1. The van der Waals surface area contributed by atoms with Crippen LogP contribution in [0.1, 0.15) is 52.0 Å². The van der Waals surface area contributed by atoms with E-state index in [0.29, 0.717) is 13.1 Å². The van der Waals surface area contributed by atoms with Crippen LogP contribution in [0.25, 0.3) is 0 Å². The third-order valence-electron chi connectivity index (χ3n) is 5.12. The van der Waals surface area contributed by atoms with Crippen molar-refractivity contribution < 1.29 is 9.53 Å². The summed E-state index contributed by atoms with van der Waals surface area (Å²) < 4.78 is 5.79. The normalized spacial score (nSPS) is 19.6. The maximum Gasteiger partial charge on any atom is 0.255 e. The lowest BCUT2D eigenvalue weighted by Crippen LogP contribution is -2.37. The van der Waals surface area contributed by atoms with Crippen LogP contribution in [0.3, 0.4) is 0 Å². The van der Waals surface area contributed by atoms with E-state index in [1.165, 1.54) is 23.3 Å². The predicted octanol–water partition coefficient (Wildman–Crippen LogP) is 3.84. The van der Waals surface area contributed by atoms with Crippen LogP contribution in [-0.2, 0) is 24.1 Å². The van der Waals surface area contributed by atoms with Crippen LogP contribution in [0.15, 0.2) is 29.9 Å². The molecule has 2 aromatic rings. The first-order valence-corrected chi connectivity index (χ1v) is 10.1. The minimum absolute atomic E-state index is 0.152. The molecule has 1 fully saturated rings. The van der Waals surface area contributed by atoms with E-state index in [4.69, 9.17) is 4.74 Å². The van der Waals surface area contributed by atoms with Crippen molar-refractivity contribution in [3.63, 3.8) is 0 Å². The summed E-state index contributed by atoms with van der Waals surface area (Å²) in [7, 11) is 0. The van der Waals surface area contributed by atoms with Gasteiger partial charge < -0.3 is 9.64 Å². The van der Waals surface area contributed by atoms with Crippen LogP contribution in [0, 0.1) is 0 Å². The number of carbonyl (C=O) groups excluding carboxylic acids is 1. The zero-order chi connectivity index (χ0) is 17.1. The van der Waals surface area contributed by atoms with E-state index in [2.05, 4.69) is 10.4 Å². The number of ether oxygens (including phenoxy) is 1. The van der Waals surface area contributed by atoms with Crippen molar-refractivity contribution in [1.82, 2.24) is 9.88 Å². The van der Waals surface area contributed by atoms with E-state index in [0.717, 1.165) is 43.4 Å². The van der Waals surface area contributed by atoms with Crippen LogP contribution in [0.5, 0.6) is 0 Å². The third kappa shape index (κ3) is 3.77. The fraction of sp³-hybridized carbons (Fsp3) is 0.500. The van der Waals surface area contributed by atoms with Gasteiger partial charge in [-0.1, -0.05) is 6.07 Å². The van der Waals surface area contributed by atoms with Gasteiger partial charge >= 0.3 is 0 Å². The number of nitrogens with zero attached hydrogens (tertiary/aromatic N) is 2. The molecule has 4 rings (SSSR count). The molecule has 0 radical (unpaired) electrons. The summed E-state index contributed by atoms with van der Waals surface area (Å²) in [6, 6.07) is 3.96. The molecular formula is C20H24N2O2S. The van der Waals surface area contributed by atoms with Crippen molar-refractivity contribution in [3.05, 3.63) is 51.5 Å². The molecule has 1 aliphatic carbocycles. The van der Waals surface area contributed by atoms with Gasteiger partial charge in [0.15, 0.2) is 0 Å². The predicted molar refractivity (Wildman–Crippen MR) is 98.9 cm³/mol. The smallest absolute Gasteiger partial charge is 0.255 e. The van der Waals surface area contributed by atoms with Crippen molar-refractivity contribution in [2.45, 2.75) is 51.2 Å². The van der Waals surface area contributed by atoms with Gasteiger partial charge in [-0.2, -0.15) is 0 Å². The summed E-state index contributed by atoms with van der Waals surface area (Å²) >= 11 is 1.76. The molecular weight excluding hydrogens is 332 g/mol. The lowest BCUT2D eigenvalue weighted by atomic mass is 9.95. The Hall–Kier alpha value is -1.72. The van der Waals surface area contributed by atoms with E-state index in [-0.39, 0.29) is 12.0 Å². The molecule has 1 atom stereocenters. The third-order valence-corrected chi connectivity index (χ3v) is 6.21. The molecule has 1 saturated heterocycles. The van der Waals surface area contributed by atoms with Gasteiger partial charge in [0, 0.05) is 42.3 Å². The number of carbonyl (C=O) groups is 1. The highest BCUT2D eigenvalue weighted by Crippen LogP contribution is 2.31. The van der Waals surface area contributed by atoms with E-state index in [1.807, 2.05) is 23.2 Å². The second-order valence-corrected chi connectivity index (χ2v) is 7.90. The summed E-state index contributed by atoms with van der Waals surface area (Å²) in [5.41, 5.74) is 3.28. The molecule has 132 valence electrons. The highest BCUT2D eigenvalue weighted by molar-refractivity contribution is 7.10. The first-order valence-electron chi connectivity index (χ1n) is 9.20. The van der Waals surface area contributed by atoms with Gasteiger partial charge in [-0.3, -0.25) is 9.78 Å². The van der Waals surface area contributed by atoms with Crippen LogP contribution in [0.4, 0.5) is 0 Å². The second-order valence-electron chi connectivity index (χ2n) is 6.94. The number of hydrogen-bond acceptors (Lipinski definition) is 4. The van der Waals surface area contributed by atoms with Crippen molar-refractivity contribution in [2.24, 2.45) is 0 Å². The number of pyridine rings is 1. The highest BCUT2D eigenvalue weighted by atomic mass is 32.1. The number of aryl methyl sites for hydroxylation is 1. The van der Waals surface area contributed by atoms with Crippen LogP contribution in [0.2, 0.25) is 0 Å². The molecule has 25 heavy (non-hydrogen) atoms. The quantitative estimate of drug-likeness (QED) is 0.817. The largest absolute Gasteiger partial charge is 0.376 e. The molecule has 1 aliphatic heterocycles. The minimum Gasteiger partial charge on any atom is -0.376 e. The Labute approximate surface area is 152 Å². The molecule has 2 aliphatic rings. The molecule has 0 spiro atoms. The molecule has 1 unspecified atom stereocenters. The summed E-state index contributed by atoms with van der Waals surface area (Å²) in [4.78, 5) is 20.9. The fourth-order valence-corrected chi connectivity index (χ4v) is 4.93. The average Bonchev–Trinajstić information content (AvgIpc) is 3.31. The van der Waals surface area contributed by atoms with E-state index in [1.54, 1.807) is 17.5 Å². The summed E-state index contributed by atoms with van der Waals surface area (Å²) in [6.45, 7) is 2.07. The van der Waals surface area contributed by atoms with Gasteiger partial charge in [-0.15, -0.1) is 11.3 Å². The van der Waals surface area contributed by atoms with Gasteiger partial charge in [-0.25, -0.2) is 0 Å². The molecule has 0 bridgehead atoms. The number of aromatic nitrogens is 1. The maximum atomic E-state index is 13.3. The number of hydrogen-bond donors (Lipinski definition) is 0. The average molecular weight is 356 g/mol. The Morgan fingerprint density at radius 3 is 3.04 bits per heavy atom. The van der Waals surface area contributed by atoms with Crippen molar-refractivity contribution >= 4 is 17.2 Å². The summed E-state index contributed by atoms with van der Waals surface area (Å²) in [6.07, 6.45) is 10.5. The first kappa shape index (κ1) is 16.7. The van der Waals surface area contributed by atoms with Crippen molar-refractivity contribution in [3.8, 4) is 0 Å². The number of rotatable bonds is 5. The van der Waals surface area contributed by atoms with Gasteiger partial charge in [0.05, 0.1) is 11.7 Å². The Morgan fingerprint density at radius 2 is 2.24 bits per heavy atom. The molecule has 0 aromatic carbocycles. The summed E-state index contributed by atoms with van der Waals surface area (Å²) in [5.74, 6) is 0.152. The van der Waals surface area contributed by atoms with Gasteiger partial charge in [0.25, 0.3) is 5.91 Å². The van der Waals surface area contributed by atoms with Crippen LogP contribution in [-0.4, -0.2) is 35.0 Å². The first-order chi connectivity index (χ1) is 12.3. The zero-order valence-electron chi connectivity index (χ0n) is 14.4.